The highest BCUT2D eigenvalue weighted by Gasteiger charge is 2.00. The van der Waals surface area contributed by atoms with Crippen molar-refractivity contribution in [2.45, 2.75) is 46.3 Å². The van der Waals surface area contributed by atoms with Gasteiger partial charge in [0, 0.05) is 19.6 Å². The molecule has 0 unspecified atom stereocenters. The summed E-state index contributed by atoms with van der Waals surface area (Å²) in [5.41, 5.74) is 0. The molecule has 0 aliphatic rings. The largest absolute Gasteiger partial charge is 0.126 e. The smallest absolute Gasteiger partial charge is 0.0123 e. The number of hydrogen-bond donors (Lipinski definition) is 0. The van der Waals surface area contributed by atoms with Gasteiger partial charge < -0.3 is 0 Å². The zero-order valence-electron chi connectivity index (χ0n) is 12.7. The van der Waals surface area contributed by atoms with E-state index in [1.807, 2.05) is 35.3 Å². The summed E-state index contributed by atoms with van der Waals surface area (Å²) >= 11 is 5.70. The maximum absolute atomic E-state index is 2.23. The van der Waals surface area contributed by atoms with Crippen LogP contribution in [0.25, 0.3) is 0 Å². The third kappa shape index (κ3) is 6.01. The molecule has 0 aromatic heterocycles. The normalized spacial score (nSPS) is 10.8. The summed E-state index contributed by atoms with van der Waals surface area (Å²) in [4.78, 5) is 5.36. The SMILES string of the molecule is CCCSc1ccc(Sc2ccc(SCCC)cc2)cc1. The molecule has 0 aliphatic carbocycles. The van der Waals surface area contributed by atoms with Crippen molar-refractivity contribution in [3.8, 4) is 0 Å². The maximum Gasteiger partial charge on any atom is 0.0123 e. The van der Waals surface area contributed by atoms with E-state index in [9.17, 15) is 0 Å². The summed E-state index contributed by atoms with van der Waals surface area (Å²) in [6, 6.07) is 17.8. The molecule has 0 heterocycles. The first-order valence-corrected chi connectivity index (χ1v) is 10.2. The van der Waals surface area contributed by atoms with Crippen LogP contribution in [0.1, 0.15) is 26.7 Å². The van der Waals surface area contributed by atoms with Gasteiger partial charge in [0.2, 0.25) is 0 Å². The first-order chi connectivity index (χ1) is 10.3. The van der Waals surface area contributed by atoms with Gasteiger partial charge in [-0.1, -0.05) is 25.6 Å². The quantitative estimate of drug-likeness (QED) is 0.485. The Bertz CT molecular complexity index is 468. The van der Waals surface area contributed by atoms with Crippen molar-refractivity contribution < 1.29 is 0 Å². The van der Waals surface area contributed by atoms with Crippen molar-refractivity contribution in [2.24, 2.45) is 0 Å². The Morgan fingerprint density at radius 1 is 0.571 bits per heavy atom. The van der Waals surface area contributed by atoms with Gasteiger partial charge in [0.1, 0.15) is 0 Å². The minimum Gasteiger partial charge on any atom is -0.126 e. The Morgan fingerprint density at radius 3 is 1.24 bits per heavy atom. The first kappa shape index (κ1) is 16.9. The molecule has 3 heteroatoms. The van der Waals surface area contributed by atoms with Gasteiger partial charge in [-0.3, -0.25) is 0 Å². The standard InChI is InChI=1S/C18H22S3/c1-3-13-19-15-5-9-17(10-6-15)21-18-11-7-16(8-12-18)20-14-4-2/h5-12H,3-4,13-14H2,1-2H3. The molecule has 0 amide bonds. The predicted octanol–water partition coefficient (Wildman–Crippen LogP) is 6.84. The van der Waals surface area contributed by atoms with Crippen LogP contribution in [0.15, 0.2) is 68.1 Å². The molecule has 21 heavy (non-hydrogen) atoms. The topological polar surface area (TPSA) is 0 Å². The lowest BCUT2D eigenvalue weighted by atomic mass is 10.4. The lowest BCUT2D eigenvalue weighted by Gasteiger charge is -2.05. The Hall–Kier alpha value is -0.510. The van der Waals surface area contributed by atoms with Crippen molar-refractivity contribution in [3.63, 3.8) is 0 Å². The van der Waals surface area contributed by atoms with Gasteiger partial charge in [0.05, 0.1) is 0 Å². The molecule has 0 saturated heterocycles. The van der Waals surface area contributed by atoms with Crippen LogP contribution in [0.3, 0.4) is 0 Å². The van der Waals surface area contributed by atoms with E-state index in [0.29, 0.717) is 0 Å². The van der Waals surface area contributed by atoms with Gasteiger partial charge in [0.25, 0.3) is 0 Å². The van der Waals surface area contributed by atoms with Crippen LogP contribution in [-0.4, -0.2) is 11.5 Å². The molecular weight excluding hydrogens is 312 g/mol. The fourth-order valence-corrected chi connectivity index (χ4v) is 4.14. The average Bonchev–Trinajstić information content (AvgIpc) is 2.53. The van der Waals surface area contributed by atoms with E-state index >= 15 is 0 Å². The van der Waals surface area contributed by atoms with Crippen molar-refractivity contribution in [3.05, 3.63) is 48.5 Å². The van der Waals surface area contributed by atoms with E-state index in [2.05, 4.69) is 62.4 Å². The molecule has 0 N–H and O–H groups in total. The van der Waals surface area contributed by atoms with Crippen LogP contribution in [0.5, 0.6) is 0 Å². The second kappa shape index (κ2) is 9.50. The molecule has 0 saturated carbocycles. The molecule has 0 radical (unpaired) electrons. The highest BCUT2D eigenvalue weighted by atomic mass is 32.2. The number of hydrogen-bond acceptors (Lipinski definition) is 3. The van der Waals surface area contributed by atoms with E-state index < -0.39 is 0 Å². The molecule has 0 fully saturated rings. The third-order valence-electron chi connectivity index (χ3n) is 2.83. The molecule has 0 aliphatic heterocycles. The third-order valence-corrected chi connectivity index (χ3v) is 6.28. The van der Waals surface area contributed by atoms with Gasteiger partial charge in [-0.25, -0.2) is 0 Å². The van der Waals surface area contributed by atoms with E-state index in [0.717, 1.165) is 0 Å². The Balaban J connectivity index is 1.91. The zero-order chi connectivity index (χ0) is 14.9. The van der Waals surface area contributed by atoms with Crippen molar-refractivity contribution >= 4 is 35.3 Å². The monoisotopic (exact) mass is 334 g/mol. The van der Waals surface area contributed by atoms with Gasteiger partial charge in [-0.15, -0.1) is 23.5 Å². The number of thioether (sulfide) groups is 2. The van der Waals surface area contributed by atoms with Crippen LogP contribution in [0, 0.1) is 0 Å². The molecule has 0 atom stereocenters. The summed E-state index contributed by atoms with van der Waals surface area (Å²) in [5.74, 6) is 2.40. The Labute approximate surface area is 141 Å². The minimum absolute atomic E-state index is 1.20. The summed E-state index contributed by atoms with van der Waals surface area (Å²) in [5, 5.41) is 0. The zero-order valence-corrected chi connectivity index (χ0v) is 15.1. The number of benzene rings is 2. The fraction of sp³-hybridized carbons (Fsp3) is 0.333. The van der Waals surface area contributed by atoms with E-state index in [1.165, 1.54) is 43.9 Å². The molecule has 112 valence electrons. The van der Waals surface area contributed by atoms with Gasteiger partial charge in [-0.2, -0.15) is 0 Å². The summed E-state index contributed by atoms with van der Waals surface area (Å²) in [7, 11) is 0. The second-order valence-corrected chi connectivity index (χ2v) is 8.23. The summed E-state index contributed by atoms with van der Waals surface area (Å²) < 4.78 is 0. The van der Waals surface area contributed by atoms with Crippen LogP contribution < -0.4 is 0 Å². The summed E-state index contributed by atoms with van der Waals surface area (Å²) in [6.07, 6.45) is 2.45. The molecule has 2 aromatic carbocycles. The van der Waals surface area contributed by atoms with Gasteiger partial charge in [-0.05, 0) is 72.9 Å². The van der Waals surface area contributed by atoms with Crippen molar-refractivity contribution in [1.29, 1.82) is 0 Å². The average molecular weight is 335 g/mol. The van der Waals surface area contributed by atoms with Crippen LogP contribution in [0.2, 0.25) is 0 Å². The molecule has 0 spiro atoms. The molecular formula is C18H22S3. The van der Waals surface area contributed by atoms with Crippen LogP contribution in [-0.2, 0) is 0 Å². The van der Waals surface area contributed by atoms with Gasteiger partial charge >= 0.3 is 0 Å². The first-order valence-electron chi connectivity index (χ1n) is 7.45. The summed E-state index contributed by atoms with van der Waals surface area (Å²) in [6.45, 7) is 4.44. The molecule has 0 bridgehead atoms. The van der Waals surface area contributed by atoms with Gasteiger partial charge in [0.15, 0.2) is 0 Å². The highest BCUT2D eigenvalue weighted by molar-refractivity contribution is 8.00. The van der Waals surface area contributed by atoms with E-state index in [1.54, 1.807) is 0 Å². The van der Waals surface area contributed by atoms with Crippen molar-refractivity contribution in [2.75, 3.05) is 11.5 Å². The van der Waals surface area contributed by atoms with Crippen LogP contribution in [0.4, 0.5) is 0 Å². The lowest BCUT2D eigenvalue weighted by Crippen LogP contribution is -1.79. The van der Waals surface area contributed by atoms with Crippen LogP contribution >= 0.6 is 35.3 Å². The molecule has 2 aromatic rings. The maximum atomic E-state index is 2.23. The molecule has 2 rings (SSSR count). The fourth-order valence-electron chi connectivity index (χ4n) is 1.78. The minimum atomic E-state index is 1.20. The lowest BCUT2D eigenvalue weighted by molar-refractivity contribution is 1.10. The highest BCUT2D eigenvalue weighted by Crippen LogP contribution is 2.31. The predicted molar refractivity (Wildman–Crippen MR) is 99.0 cm³/mol. The second-order valence-electron chi connectivity index (χ2n) is 4.74. The van der Waals surface area contributed by atoms with E-state index in [-0.39, 0.29) is 0 Å². The van der Waals surface area contributed by atoms with Crippen molar-refractivity contribution in [1.82, 2.24) is 0 Å². The Kier molecular flexibility index (Phi) is 7.62. The van der Waals surface area contributed by atoms with E-state index in [4.69, 9.17) is 0 Å². The Morgan fingerprint density at radius 2 is 0.905 bits per heavy atom. The number of rotatable bonds is 8. The molecule has 0 nitrogen and oxygen atoms in total.